The number of rotatable bonds is 7. The van der Waals surface area contributed by atoms with Crippen LogP contribution in [-0.4, -0.2) is 22.9 Å². The van der Waals surface area contributed by atoms with E-state index in [9.17, 15) is 9.36 Å². The molecule has 5 heteroatoms. The van der Waals surface area contributed by atoms with Crippen molar-refractivity contribution in [3.8, 4) is 0 Å². The first kappa shape index (κ1) is 14.0. The number of hydrogen-bond donors (Lipinski definition) is 2. The third-order valence-corrected chi connectivity index (χ3v) is 3.33. The van der Waals surface area contributed by atoms with Crippen LogP contribution >= 0.6 is 8.03 Å². The molecule has 0 aliphatic heterocycles. The van der Waals surface area contributed by atoms with Crippen LogP contribution in [0.1, 0.15) is 18.9 Å². The fraction of sp³-hybridized carbons (Fsp3) is 0.417. The topological polar surface area (TPSA) is 66.4 Å². The van der Waals surface area contributed by atoms with Gasteiger partial charge in [0.05, 0.1) is 13.0 Å². The van der Waals surface area contributed by atoms with Crippen LogP contribution in [0.5, 0.6) is 0 Å². The Morgan fingerprint density at radius 2 is 2.06 bits per heavy atom. The van der Waals surface area contributed by atoms with Crippen molar-refractivity contribution in [2.45, 2.75) is 25.5 Å². The molecular formula is C12H17NO3P+. The average Bonchev–Trinajstić information content (AvgIpc) is 2.30. The molecule has 17 heavy (non-hydrogen) atoms. The van der Waals surface area contributed by atoms with Gasteiger partial charge in [0.1, 0.15) is 0 Å². The Bertz CT molecular complexity index is 381. The molecule has 0 aliphatic rings. The summed E-state index contributed by atoms with van der Waals surface area (Å²) in [6.45, 7) is 2.47. The Morgan fingerprint density at radius 1 is 1.41 bits per heavy atom. The van der Waals surface area contributed by atoms with Crippen molar-refractivity contribution in [3.05, 3.63) is 35.9 Å². The standard InChI is InChI=1S/C12H16NO3P/c1-10(17(15)16)7-12(14)9-13-8-11-5-3-2-4-6-11/h2-6,10,13H,7-9H2,1H3/p+1. The predicted octanol–water partition coefficient (Wildman–Crippen LogP) is 1.86. The summed E-state index contributed by atoms with van der Waals surface area (Å²) >= 11 is 0. The van der Waals surface area contributed by atoms with Crippen LogP contribution in [0, 0.1) is 0 Å². The van der Waals surface area contributed by atoms with Gasteiger partial charge in [-0.3, -0.25) is 4.79 Å². The minimum atomic E-state index is -2.25. The van der Waals surface area contributed by atoms with Crippen LogP contribution in [0.4, 0.5) is 0 Å². The predicted molar refractivity (Wildman–Crippen MR) is 67.1 cm³/mol. The van der Waals surface area contributed by atoms with E-state index >= 15 is 0 Å². The van der Waals surface area contributed by atoms with E-state index in [2.05, 4.69) is 5.32 Å². The molecule has 0 bridgehead atoms. The number of nitrogens with one attached hydrogen (secondary N) is 1. The van der Waals surface area contributed by atoms with Crippen LogP contribution in [0.15, 0.2) is 30.3 Å². The van der Waals surface area contributed by atoms with Crippen molar-refractivity contribution in [2.75, 3.05) is 6.54 Å². The summed E-state index contributed by atoms with van der Waals surface area (Å²) in [6.07, 6.45) is 0.146. The van der Waals surface area contributed by atoms with E-state index in [1.165, 1.54) is 0 Å². The largest absolute Gasteiger partial charge is 0.508 e. The molecule has 0 radical (unpaired) electrons. The summed E-state index contributed by atoms with van der Waals surface area (Å²) < 4.78 is 10.7. The van der Waals surface area contributed by atoms with Crippen LogP contribution in [0.3, 0.4) is 0 Å². The molecule has 0 amide bonds. The van der Waals surface area contributed by atoms with E-state index in [-0.39, 0.29) is 18.7 Å². The second-order valence-electron chi connectivity index (χ2n) is 3.98. The normalized spacial score (nSPS) is 13.2. The van der Waals surface area contributed by atoms with Gasteiger partial charge in [-0.05, 0) is 17.1 Å². The van der Waals surface area contributed by atoms with Gasteiger partial charge in [0, 0.05) is 6.54 Å². The van der Waals surface area contributed by atoms with E-state index in [1.54, 1.807) is 6.92 Å². The summed E-state index contributed by atoms with van der Waals surface area (Å²) in [7, 11) is -2.25. The highest BCUT2D eigenvalue weighted by Crippen LogP contribution is 2.24. The minimum absolute atomic E-state index is 0.0363. The van der Waals surface area contributed by atoms with Crippen LogP contribution < -0.4 is 5.32 Å². The number of hydrogen-bond acceptors (Lipinski definition) is 3. The quantitative estimate of drug-likeness (QED) is 0.729. The Kier molecular flexibility index (Phi) is 5.98. The summed E-state index contributed by atoms with van der Waals surface area (Å²) in [4.78, 5) is 20.3. The maximum Gasteiger partial charge on any atom is 0.508 e. The molecule has 0 aromatic heterocycles. The third-order valence-electron chi connectivity index (χ3n) is 2.39. The van der Waals surface area contributed by atoms with Gasteiger partial charge in [0.25, 0.3) is 0 Å². The summed E-state index contributed by atoms with van der Waals surface area (Å²) in [5, 5.41) is 3.02. The van der Waals surface area contributed by atoms with Crippen molar-refractivity contribution in [3.63, 3.8) is 0 Å². The molecule has 0 saturated heterocycles. The van der Waals surface area contributed by atoms with E-state index in [0.717, 1.165) is 5.56 Å². The molecule has 0 aliphatic carbocycles. The number of carbonyl (C=O) groups excluding carboxylic acids is 1. The number of ketones is 1. The fourth-order valence-corrected chi connectivity index (χ4v) is 1.78. The first-order valence-electron chi connectivity index (χ1n) is 5.51. The molecule has 0 fully saturated rings. The second-order valence-corrected chi connectivity index (χ2v) is 5.47. The van der Waals surface area contributed by atoms with E-state index < -0.39 is 13.7 Å². The Hall–Kier alpha value is -1.09. The van der Waals surface area contributed by atoms with Gasteiger partial charge in [-0.15, -0.1) is 0 Å². The van der Waals surface area contributed by atoms with Crippen molar-refractivity contribution in [1.82, 2.24) is 5.32 Å². The summed E-state index contributed by atoms with van der Waals surface area (Å²) in [5.41, 5.74) is 0.651. The van der Waals surface area contributed by atoms with Crippen LogP contribution in [0.2, 0.25) is 0 Å². The van der Waals surface area contributed by atoms with Gasteiger partial charge in [-0.25, -0.2) is 0 Å². The Labute approximate surface area is 102 Å². The second kappa shape index (κ2) is 7.28. The first-order chi connectivity index (χ1) is 8.09. The minimum Gasteiger partial charge on any atom is -0.306 e. The highest BCUT2D eigenvalue weighted by molar-refractivity contribution is 7.38. The molecule has 2 atom stereocenters. The lowest BCUT2D eigenvalue weighted by molar-refractivity contribution is -0.118. The average molecular weight is 254 g/mol. The first-order valence-corrected chi connectivity index (χ1v) is 6.79. The molecular weight excluding hydrogens is 237 g/mol. The molecule has 92 valence electrons. The maximum atomic E-state index is 11.4. The molecule has 2 N–H and O–H groups in total. The van der Waals surface area contributed by atoms with Gasteiger partial charge in [0.15, 0.2) is 11.4 Å². The van der Waals surface area contributed by atoms with Gasteiger partial charge in [-0.1, -0.05) is 30.3 Å². The Balaban J connectivity index is 2.23. The SMILES string of the molecule is CC(CC(=O)CNCc1ccccc1)[P+](=O)O. The van der Waals surface area contributed by atoms with E-state index in [4.69, 9.17) is 4.89 Å². The molecule has 0 saturated carbocycles. The van der Waals surface area contributed by atoms with Crippen molar-refractivity contribution >= 4 is 13.8 Å². The van der Waals surface area contributed by atoms with Crippen LogP contribution in [-0.2, 0) is 15.9 Å². The lowest BCUT2D eigenvalue weighted by Gasteiger charge is -2.03. The molecule has 0 heterocycles. The zero-order valence-electron chi connectivity index (χ0n) is 9.80. The van der Waals surface area contributed by atoms with Crippen molar-refractivity contribution in [2.24, 2.45) is 0 Å². The molecule has 1 aromatic carbocycles. The lowest BCUT2D eigenvalue weighted by atomic mass is 10.2. The summed E-state index contributed by atoms with van der Waals surface area (Å²) in [6, 6.07) is 9.78. The molecule has 2 unspecified atom stereocenters. The fourth-order valence-electron chi connectivity index (χ4n) is 1.42. The highest BCUT2D eigenvalue weighted by Gasteiger charge is 2.25. The number of Topliss-reactive ketones (excluding diaryl/α,β-unsaturated/α-hetero) is 1. The van der Waals surface area contributed by atoms with Crippen molar-refractivity contribution < 1.29 is 14.3 Å². The van der Waals surface area contributed by atoms with Gasteiger partial charge in [-0.2, -0.15) is 4.89 Å². The summed E-state index contributed by atoms with van der Waals surface area (Å²) in [5.74, 6) is -0.0363. The third kappa shape index (κ3) is 5.68. The molecule has 0 spiro atoms. The molecule has 1 rings (SSSR count). The monoisotopic (exact) mass is 254 g/mol. The smallest absolute Gasteiger partial charge is 0.306 e. The van der Waals surface area contributed by atoms with Gasteiger partial charge in [0.2, 0.25) is 0 Å². The Morgan fingerprint density at radius 3 is 2.65 bits per heavy atom. The lowest BCUT2D eigenvalue weighted by Crippen LogP contribution is -2.24. The maximum absolute atomic E-state index is 11.4. The van der Waals surface area contributed by atoms with Gasteiger partial charge < -0.3 is 5.32 Å². The zero-order valence-corrected chi connectivity index (χ0v) is 10.7. The van der Waals surface area contributed by atoms with E-state index in [0.29, 0.717) is 6.54 Å². The number of benzene rings is 1. The highest BCUT2D eigenvalue weighted by atomic mass is 31.1. The van der Waals surface area contributed by atoms with Crippen molar-refractivity contribution in [1.29, 1.82) is 0 Å². The zero-order chi connectivity index (χ0) is 12.7. The molecule has 1 aromatic rings. The van der Waals surface area contributed by atoms with Crippen LogP contribution in [0.25, 0.3) is 0 Å². The number of carbonyl (C=O) groups is 1. The van der Waals surface area contributed by atoms with Gasteiger partial charge >= 0.3 is 8.03 Å². The van der Waals surface area contributed by atoms with E-state index in [1.807, 2.05) is 30.3 Å². The molecule has 4 nitrogen and oxygen atoms in total.